The van der Waals surface area contributed by atoms with E-state index in [0.717, 1.165) is 13.0 Å². The lowest BCUT2D eigenvalue weighted by Crippen LogP contribution is -2.50. The van der Waals surface area contributed by atoms with Gasteiger partial charge in [0.05, 0.1) is 32.5 Å². The molecule has 0 spiro atoms. The van der Waals surface area contributed by atoms with E-state index in [1.165, 1.54) is 45.6 Å². The van der Waals surface area contributed by atoms with E-state index in [9.17, 15) is 8.42 Å². The van der Waals surface area contributed by atoms with Crippen LogP contribution in [0.1, 0.15) is 32.6 Å². The number of unbranched alkanes of at least 4 members (excludes halogenated alkanes) is 3. The molecule has 0 atom stereocenters. The maximum atomic E-state index is 12.6. The minimum Gasteiger partial charge on any atom is -0.493 e. The Kier molecular flexibility index (Phi) is 7.52. The van der Waals surface area contributed by atoms with Gasteiger partial charge in [-0.1, -0.05) is 26.2 Å². The molecule has 146 valence electrons. The second kappa shape index (κ2) is 9.63. The summed E-state index contributed by atoms with van der Waals surface area (Å²) < 4.78 is 37.9. The van der Waals surface area contributed by atoms with Crippen molar-refractivity contribution < 1.29 is 17.9 Å². The van der Waals surface area contributed by atoms with Gasteiger partial charge in [0.2, 0.25) is 5.96 Å². The van der Waals surface area contributed by atoms with Gasteiger partial charge in [0.1, 0.15) is 0 Å². The fourth-order valence-electron chi connectivity index (χ4n) is 2.61. The number of methoxy groups -OCH3 is 2. The van der Waals surface area contributed by atoms with Crippen LogP contribution in [0.4, 0.5) is 0 Å². The Morgan fingerprint density at radius 2 is 1.96 bits per heavy atom. The molecule has 0 radical (unpaired) electrons. The number of hydrogen-bond acceptors (Lipinski definition) is 7. The lowest BCUT2D eigenvalue weighted by atomic mass is 10.2. The number of sulfonamides is 1. The van der Waals surface area contributed by atoms with E-state index in [1.807, 2.05) is 0 Å². The number of ether oxygens (including phenoxy) is 2. The highest BCUT2D eigenvalue weighted by molar-refractivity contribution is 7.90. The molecule has 1 aromatic carbocycles. The van der Waals surface area contributed by atoms with Gasteiger partial charge in [0.15, 0.2) is 11.5 Å². The summed E-state index contributed by atoms with van der Waals surface area (Å²) >= 11 is 0. The highest BCUT2D eigenvalue weighted by atomic mass is 32.2. The molecule has 2 N–H and O–H groups in total. The van der Waals surface area contributed by atoms with Crippen LogP contribution in [0.5, 0.6) is 11.5 Å². The van der Waals surface area contributed by atoms with Crippen molar-refractivity contribution in [3.8, 4) is 11.5 Å². The van der Waals surface area contributed by atoms with Crippen LogP contribution in [0, 0.1) is 0 Å². The monoisotopic (exact) mass is 384 g/mol. The van der Waals surface area contributed by atoms with E-state index >= 15 is 0 Å². The predicted octanol–water partition coefficient (Wildman–Crippen LogP) is 1.74. The first-order chi connectivity index (χ1) is 12.5. The van der Waals surface area contributed by atoms with Crippen LogP contribution in [0.2, 0.25) is 0 Å². The van der Waals surface area contributed by atoms with Crippen molar-refractivity contribution in [2.75, 3.05) is 34.1 Å². The molecule has 9 heteroatoms. The van der Waals surface area contributed by atoms with Gasteiger partial charge in [-0.15, -0.1) is 0 Å². The lowest BCUT2D eigenvalue weighted by molar-refractivity contribution is 0.257. The summed E-state index contributed by atoms with van der Waals surface area (Å²) in [5.74, 6) is 1.08. The van der Waals surface area contributed by atoms with Crippen molar-refractivity contribution in [3.63, 3.8) is 0 Å². The summed E-state index contributed by atoms with van der Waals surface area (Å²) in [6.45, 7) is 4.18. The van der Waals surface area contributed by atoms with Crippen molar-refractivity contribution in [2.24, 2.45) is 4.99 Å². The van der Waals surface area contributed by atoms with E-state index in [0.29, 0.717) is 24.8 Å². The van der Waals surface area contributed by atoms with Crippen LogP contribution in [0.15, 0.2) is 28.1 Å². The number of aliphatic imine (C=N–C) groups is 1. The second-order valence-electron chi connectivity index (χ2n) is 6.06. The first-order valence-electron chi connectivity index (χ1n) is 8.75. The normalized spacial score (nSPS) is 15.1. The molecule has 0 fully saturated rings. The minimum atomic E-state index is -3.76. The van der Waals surface area contributed by atoms with Crippen molar-refractivity contribution in [3.05, 3.63) is 18.2 Å². The third-order valence-electron chi connectivity index (χ3n) is 4.12. The fourth-order valence-corrected chi connectivity index (χ4v) is 3.63. The van der Waals surface area contributed by atoms with Gasteiger partial charge in [0, 0.05) is 12.6 Å². The van der Waals surface area contributed by atoms with E-state index < -0.39 is 10.0 Å². The zero-order chi connectivity index (χ0) is 19.0. The van der Waals surface area contributed by atoms with E-state index in [4.69, 9.17) is 9.47 Å². The number of nitrogens with zero attached hydrogens (tertiary/aromatic N) is 2. The number of hydrogen-bond donors (Lipinski definition) is 2. The molecular weight excluding hydrogens is 356 g/mol. The Bertz CT molecular complexity index is 721. The van der Waals surface area contributed by atoms with Gasteiger partial charge in [-0.2, -0.15) is 0 Å². The van der Waals surface area contributed by atoms with Crippen LogP contribution in [0.25, 0.3) is 0 Å². The topological polar surface area (TPSA) is 92.3 Å². The average molecular weight is 385 g/mol. The van der Waals surface area contributed by atoms with Crippen molar-refractivity contribution >= 4 is 16.0 Å². The Morgan fingerprint density at radius 3 is 2.58 bits per heavy atom. The molecule has 0 saturated heterocycles. The molecule has 0 aliphatic carbocycles. The van der Waals surface area contributed by atoms with Gasteiger partial charge >= 0.3 is 0 Å². The first-order valence-corrected chi connectivity index (χ1v) is 10.2. The van der Waals surface area contributed by atoms with Crippen LogP contribution in [0.3, 0.4) is 0 Å². The number of nitrogens with one attached hydrogen (secondary N) is 2. The van der Waals surface area contributed by atoms with Gasteiger partial charge in [-0.3, -0.25) is 4.90 Å². The summed E-state index contributed by atoms with van der Waals surface area (Å²) in [6.07, 6.45) is 4.77. The second-order valence-corrected chi connectivity index (χ2v) is 7.74. The van der Waals surface area contributed by atoms with Gasteiger partial charge in [-0.05, 0) is 18.6 Å². The maximum absolute atomic E-state index is 12.6. The predicted molar refractivity (Wildman–Crippen MR) is 101 cm³/mol. The third-order valence-corrected chi connectivity index (χ3v) is 5.46. The van der Waals surface area contributed by atoms with Crippen LogP contribution < -0.4 is 19.5 Å². The van der Waals surface area contributed by atoms with E-state index in [1.54, 1.807) is 6.07 Å². The average Bonchev–Trinajstić information content (AvgIpc) is 2.65. The summed E-state index contributed by atoms with van der Waals surface area (Å²) in [5, 5.41) is 3.02. The third kappa shape index (κ3) is 5.50. The molecule has 0 aromatic heterocycles. The summed E-state index contributed by atoms with van der Waals surface area (Å²) in [5.41, 5.74) is 0. The highest BCUT2D eigenvalue weighted by Crippen LogP contribution is 2.29. The van der Waals surface area contributed by atoms with Crippen LogP contribution in [-0.4, -0.2) is 53.4 Å². The summed E-state index contributed by atoms with van der Waals surface area (Å²) in [7, 11) is -0.796. The molecular formula is C17H28N4O4S. The molecule has 26 heavy (non-hydrogen) atoms. The number of benzene rings is 1. The zero-order valence-electron chi connectivity index (χ0n) is 15.6. The molecule has 1 aliphatic heterocycles. The quantitative estimate of drug-likeness (QED) is 0.630. The minimum absolute atomic E-state index is 0.0849. The van der Waals surface area contributed by atoms with Crippen LogP contribution >= 0.6 is 0 Å². The zero-order valence-corrected chi connectivity index (χ0v) is 16.4. The molecule has 0 amide bonds. The SMILES string of the molecule is CCCCCCN1CN=C(NS(=O)(=O)c2ccc(OC)c(OC)c2)NC1. The van der Waals surface area contributed by atoms with Crippen molar-refractivity contribution in [1.82, 2.24) is 14.9 Å². The molecule has 0 bridgehead atoms. The van der Waals surface area contributed by atoms with Gasteiger partial charge < -0.3 is 14.8 Å². The largest absolute Gasteiger partial charge is 0.493 e. The Labute approximate surface area is 155 Å². The van der Waals surface area contributed by atoms with Crippen molar-refractivity contribution in [1.29, 1.82) is 0 Å². The Balaban J connectivity index is 1.96. The molecule has 2 rings (SSSR count). The maximum Gasteiger partial charge on any atom is 0.264 e. The molecule has 0 unspecified atom stereocenters. The summed E-state index contributed by atoms with van der Waals surface area (Å²) in [4.78, 5) is 6.51. The first kappa shape index (κ1) is 20.3. The van der Waals surface area contributed by atoms with Gasteiger partial charge in [-0.25, -0.2) is 18.1 Å². The van der Waals surface area contributed by atoms with Crippen molar-refractivity contribution in [2.45, 2.75) is 37.5 Å². The molecule has 1 aliphatic rings. The number of guanidine groups is 1. The summed E-state index contributed by atoms with van der Waals surface area (Å²) in [6, 6.07) is 4.44. The highest BCUT2D eigenvalue weighted by Gasteiger charge is 2.21. The molecule has 8 nitrogen and oxygen atoms in total. The van der Waals surface area contributed by atoms with Gasteiger partial charge in [0.25, 0.3) is 10.0 Å². The van der Waals surface area contributed by atoms with E-state index in [2.05, 4.69) is 26.9 Å². The molecule has 1 aromatic rings. The molecule has 1 heterocycles. The Morgan fingerprint density at radius 1 is 1.19 bits per heavy atom. The van der Waals surface area contributed by atoms with Crippen LogP contribution in [-0.2, 0) is 10.0 Å². The smallest absolute Gasteiger partial charge is 0.264 e. The van der Waals surface area contributed by atoms with E-state index in [-0.39, 0.29) is 10.9 Å². The standard InChI is InChI=1S/C17H28N4O4S/c1-4-5-6-7-10-21-12-18-17(19-13-21)20-26(22,23)14-8-9-15(24-2)16(11-14)25-3/h8-9,11H,4-7,10,12-13H2,1-3H3,(H2,18,19,20). The lowest BCUT2D eigenvalue weighted by Gasteiger charge is -2.26. The fraction of sp³-hybridized carbons (Fsp3) is 0.588. The molecule has 0 saturated carbocycles. The Hall–Kier alpha value is -2.00. The number of rotatable bonds is 9.